The molecule has 0 fully saturated rings. The van der Waals surface area contributed by atoms with Crippen LogP contribution in [0.5, 0.6) is 0 Å². The third-order valence-corrected chi connectivity index (χ3v) is 2.65. The van der Waals surface area contributed by atoms with Crippen LogP contribution in [0.2, 0.25) is 0 Å². The molecular formula is C14H22O2. The van der Waals surface area contributed by atoms with Gasteiger partial charge >= 0.3 is 0 Å². The third-order valence-electron chi connectivity index (χ3n) is 2.65. The van der Waals surface area contributed by atoms with Crippen LogP contribution in [0, 0.1) is 6.92 Å². The normalized spacial score (nSPS) is 13.1. The van der Waals surface area contributed by atoms with E-state index in [0.717, 1.165) is 6.42 Å². The summed E-state index contributed by atoms with van der Waals surface area (Å²) in [7, 11) is 0. The third kappa shape index (κ3) is 4.33. The van der Waals surface area contributed by atoms with Gasteiger partial charge in [0.15, 0.2) is 0 Å². The molecule has 1 aromatic carbocycles. The highest BCUT2D eigenvalue weighted by atomic mass is 16.5. The fourth-order valence-corrected chi connectivity index (χ4v) is 1.73. The second kappa shape index (κ2) is 6.66. The van der Waals surface area contributed by atoms with Crippen molar-refractivity contribution in [1.82, 2.24) is 0 Å². The molecule has 90 valence electrons. The van der Waals surface area contributed by atoms with Gasteiger partial charge in [-0.15, -0.1) is 0 Å². The van der Waals surface area contributed by atoms with Crippen LogP contribution >= 0.6 is 0 Å². The predicted octanol–water partition coefficient (Wildman–Crippen LogP) is 2.89. The molecule has 0 saturated carbocycles. The van der Waals surface area contributed by atoms with Crippen molar-refractivity contribution in [2.75, 3.05) is 13.2 Å². The van der Waals surface area contributed by atoms with Crippen LogP contribution in [-0.4, -0.2) is 24.4 Å². The van der Waals surface area contributed by atoms with Crippen LogP contribution in [-0.2, 0) is 4.74 Å². The molecule has 2 nitrogen and oxygen atoms in total. The fraction of sp³-hybridized carbons (Fsp3) is 0.571. The number of ether oxygens (including phenoxy) is 1. The highest BCUT2D eigenvalue weighted by Crippen LogP contribution is 2.20. The van der Waals surface area contributed by atoms with E-state index >= 15 is 0 Å². The summed E-state index contributed by atoms with van der Waals surface area (Å²) in [6.45, 7) is 7.02. The molecule has 0 spiro atoms. The summed E-state index contributed by atoms with van der Waals surface area (Å²) < 4.78 is 5.51. The predicted molar refractivity (Wildman–Crippen MR) is 66.7 cm³/mol. The van der Waals surface area contributed by atoms with E-state index in [1.54, 1.807) is 0 Å². The quantitative estimate of drug-likeness (QED) is 0.802. The summed E-state index contributed by atoms with van der Waals surface area (Å²) in [5.41, 5.74) is 2.44. The van der Waals surface area contributed by atoms with Crippen LogP contribution < -0.4 is 0 Å². The zero-order valence-electron chi connectivity index (χ0n) is 10.4. The molecule has 2 heteroatoms. The Morgan fingerprint density at radius 1 is 1.31 bits per heavy atom. The minimum atomic E-state index is 0.185. The molecule has 1 N–H and O–H groups in total. The monoisotopic (exact) mass is 222 g/mol. The number of hydrogen-bond donors (Lipinski definition) is 1. The number of aryl methyl sites for hydroxylation is 1. The van der Waals surface area contributed by atoms with E-state index in [9.17, 15) is 5.11 Å². The Morgan fingerprint density at radius 3 is 2.62 bits per heavy atom. The summed E-state index contributed by atoms with van der Waals surface area (Å²) >= 11 is 0. The highest BCUT2D eigenvalue weighted by Gasteiger charge is 2.10. The molecule has 1 atom stereocenters. The van der Waals surface area contributed by atoms with E-state index in [0.29, 0.717) is 6.61 Å². The maximum absolute atomic E-state index is 9.38. The van der Waals surface area contributed by atoms with Gasteiger partial charge < -0.3 is 9.84 Å². The van der Waals surface area contributed by atoms with Gasteiger partial charge in [0.25, 0.3) is 0 Å². The average Bonchev–Trinajstić information content (AvgIpc) is 2.24. The number of benzene rings is 1. The molecule has 0 radical (unpaired) electrons. The summed E-state index contributed by atoms with van der Waals surface area (Å²) in [6.07, 6.45) is 1.13. The molecular weight excluding hydrogens is 200 g/mol. The molecule has 0 aliphatic heterocycles. The van der Waals surface area contributed by atoms with E-state index in [-0.39, 0.29) is 18.6 Å². The van der Waals surface area contributed by atoms with Crippen molar-refractivity contribution in [2.24, 2.45) is 0 Å². The Labute approximate surface area is 98.3 Å². The van der Waals surface area contributed by atoms with Crippen molar-refractivity contribution in [2.45, 2.75) is 39.2 Å². The summed E-state index contributed by atoms with van der Waals surface area (Å²) in [6, 6.07) is 8.32. The number of aliphatic hydroxyl groups is 1. The largest absolute Gasteiger partial charge is 0.396 e. The lowest BCUT2D eigenvalue weighted by atomic mass is 9.95. The molecule has 0 heterocycles. The lowest BCUT2D eigenvalue weighted by Crippen LogP contribution is -2.11. The molecule has 1 aromatic rings. The molecule has 0 amide bonds. The maximum Gasteiger partial charge on any atom is 0.0518 e. The minimum absolute atomic E-state index is 0.185. The van der Waals surface area contributed by atoms with Crippen molar-refractivity contribution in [3.05, 3.63) is 35.4 Å². The molecule has 1 unspecified atom stereocenters. The highest BCUT2D eigenvalue weighted by molar-refractivity contribution is 5.25. The first-order valence-corrected chi connectivity index (χ1v) is 5.92. The van der Waals surface area contributed by atoms with Crippen LogP contribution in [0.15, 0.2) is 24.3 Å². The van der Waals surface area contributed by atoms with Gasteiger partial charge in [-0.25, -0.2) is 0 Å². The van der Waals surface area contributed by atoms with Gasteiger partial charge in [-0.05, 0) is 32.8 Å². The fourth-order valence-electron chi connectivity index (χ4n) is 1.73. The Bertz CT molecular complexity index is 307. The van der Waals surface area contributed by atoms with Gasteiger partial charge in [0.05, 0.1) is 12.7 Å². The lowest BCUT2D eigenvalue weighted by Gasteiger charge is -2.16. The second-order valence-corrected chi connectivity index (χ2v) is 4.50. The first-order valence-electron chi connectivity index (χ1n) is 5.92. The van der Waals surface area contributed by atoms with Crippen LogP contribution in [0.25, 0.3) is 0 Å². The Hall–Kier alpha value is -0.860. The van der Waals surface area contributed by atoms with Crippen molar-refractivity contribution < 1.29 is 9.84 Å². The SMILES string of the molecule is Cc1cccc(C(CO)CCOC(C)C)c1. The first kappa shape index (κ1) is 13.2. The van der Waals surface area contributed by atoms with Crippen molar-refractivity contribution >= 4 is 0 Å². The first-order chi connectivity index (χ1) is 7.63. The lowest BCUT2D eigenvalue weighted by molar-refractivity contribution is 0.0691. The van der Waals surface area contributed by atoms with Gasteiger partial charge in [0.2, 0.25) is 0 Å². The number of hydrogen-bond acceptors (Lipinski definition) is 2. The van der Waals surface area contributed by atoms with E-state index < -0.39 is 0 Å². The maximum atomic E-state index is 9.38. The molecule has 16 heavy (non-hydrogen) atoms. The summed E-state index contributed by atoms with van der Waals surface area (Å²) in [5, 5.41) is 9.38. The Kier molecular flexibility index (Phi) is 5.50. The van der Waals surface area contributed by atoms with Crippen molar-refractivity contribution in [1.29, 1.82) is 0 Å². The Morgan fingerprint density at radius 2 is 2.06 bits per heavy atom. The topological polar surface area (TPSA) is 29.5 Å². The smallest absolute Gasteiger partial charge is 0.0518 e. The van der Waals surface area contributed by atoms with Gasteiger partial charge in [0.1, 0.15) is 0 Å². The summed E-state index contributed by atoms with van der Waals surface area (Å²) in [5.74, 6) is 0.193. The van der Waals surface area contributed by atoms with Crippen LogP contribution in [0.1, 0.15) is 37.3 Å². The number of aliphatic hydroxyl groups excluding tert-OH is 1. The second-order valence-electron chi connectivity index (χ2n) is 4.50. The zero-order valence-corrected chi connectivity index (χ0v) is 10.4. The number of rotatable bonds is 6. The van der Waals surface area contributed by atoms with Crippen molar-refractivity contribution in [3.8, 4) is 0 Å². The van der Waals surface area contributed by atoms with Gasteiger partial charge in [-0.2, -0.15) is 0 Å². The molecule has 0 bridgehead atoms. The van der Waals surface area contributed by atoms with E-state index in [1.165, 1.54) is 11.1 Å². The van der Waals surface area contributed by atoms with Gasteiger partial charge in [-0.1, -0.05) is 29.8 Å². The van der Waals surface area contributed by atoms with Gasteiger partial charge in [0, 0.05) is 12.5 Å². The zero-order chi connectivity index (χ0) is 12.0. The minimum Gasteiger partial charge on any atom is -0.396 e. The van der Waals surface area contributed by atoms with Gasteiger partial charge in [-0.3, -0.25) is 0 Å². The van der Waals surface area contributed by atoms with E-state index in [2.05, 4.69) is 25.1 Å². The molecule has 0 aliphatic rings. The van der Waals surface area contributed by atoms with E-state index in [1.807, 2.05) is 19.9 Å². The molecule has 0 aliphatic carbocycles. The molecule has 1 rings (SSSR count). The Balaban J connectivity index is 2.53. The standard InChI is InChI=1S/C14H22O2/c1-11(2)16-8-7-14(10-15)13-6-4-5-12(3)9-13/h4-6,9,11,14-15H,7-8,10H2,1-3H3. The van der Waals surface area contributed by atoms with E-state index in [4.69, 9.17) is 4.74 Å². The van der Waals surface area contributed by atoms with Crippen LogP contribution in [0.3, 0.4) is 0 Å². The summed E-state index contributed by atoms with van der Waals surface area (Å²) in [4.78, 5) is 0. The van der Waals surface area contributed by atoms with Crippen molar-refractivity contribution in [3.63, 3.8) is 0 Å². The van der Waals surface area contributed by atoms with Crippen LogP contribution in [0.4, 0.5) is 0 Å². The molecule has 0 aromatic heterocycles. The molecule has 0 saturated heterocycles. The average molecular weight is 222 g/mol.